The molecule has 0 spiro atoms. The van der Waals surface area contributed by atoms with Gasteiger partial charge >= 0.3 is 0 Å². The van der Waals surface area contributed by atoms with E-state index in [0.29, 0.717) is 24.7 Å². The van der Waals surface area contributed by atoms with Gasteiger partial charge in [-0.05, 0) is 23.8 Å². The highest BCUT2D eigenvalue weighted by atomic mass is 35.5. The standard InChI is InChI=1S/C15H15ClN4O/c1-21-14-3-2-12-15(19-14)20(13(18-12)4-7-16)10-11-5-8-17-9-6-11/h2-3,5-6,8-9H,4,7,10H2,1H3. The zero-order chi connectivity index (χ0) is 14.7. The molecule has 3 rings (SSSR count). The summed E-state index contributed by atoms with van der Waals surface area (Å²) >= 11 is 5.89. The van der Waals surface area contributed by atoms with Gasteiger partial charge in [0.1, 0.15) is 11.3 Å². The molecule has 3 aromatic rings. The van der Waals surface area contributed by atoms with E-state index in [2.05, 4.69) is 19.5 Å². The molecular formula is C15H15ClN4O. The van der Waals surface area contributed by atoms with Crippen molar-refractivity contribution in [2.24, 2.45) is 0 Å². The van der Waals surface area contributed by atoms with Crippen LogP contribution in [0.4, 0.5) is 0 Å². The molecule has 0 atom stereocenters. The minimum atomic E-state index is 0.525. The van der Waals surface area contributed by atoms with Crippen LogP contribution in [-0.4, -0.2) is 32.5 Å². The molecule has 3 heterocycles. The van der Waals surface area contributed by atoms with Crippen LogP contribution in [0.2, 0.25) is 0 Å². The smallest absolute Gasteiger partial charge is 0.215 e. The normalized spacial score (nSPS) is 11.0. The van der Waals surface area contributed by atoms with Crippen LogP contribution >= 0.6 is 11.6 Å². The van der Waals surface area contributed by atoms with Crippen LogP contribution in [0.3, 0.4) is 0 Å². The van der Waals surface area contributed by atoms with Crippen molar-refractivity contribution < 1.29 is 4.74 Å². The number of methoxy groups -OCH3 is 1. The van der Waals surface area contributed by atoms with Gasteiger partial charge in [-0.3, -0.25) is 4.98 Å². The zero-order valence-electron chi connectivity index (χ0n) is 11.7. The first kappa shape index (κ1) is 13.8. The van der Waals surface area contributed by atoms with E-state index in [1.807, 2.05) is 24.3 Å². The molecule has 5 nitrogen and oxygen atoms in total. The van der Waals surface area contributed by atoms with Gasteiger partial charge in [-0.15, -0.1) is 11.6 Å². The lowest BCUT2D eigenvalue weighted by Crippen LogP contribution is -2.07. The molecule has 0 amide bonds. The zero-order valence-corrected chi connectivity index (χ0v) is 12.4. The van der Waals surface area contributed by atoms with Crippen molar-refractivity contribution in [3.63, 3.8) is 0 Å². The molecule has 0 aromatic carbocycles. The van der Waals surface area contributed by atoms with Crippen molar-refractivity contribution in [1.29, 1.82) is 0 Å². The maximum Gasteiger partial charge on any atom is 0.215 e. The quantitative estimate of drug-likeness (QED) is 0.680. The van der Waals surface area contributed by atoms with Gasteiger partial charge in [-0.25, -0.2) is 4.98 Å². The monoisotopic (exact) mass is 302 g/mol. The van der Waals surface area contributed by atoms with Gasteiger partial charge in [-0.1, -0.05) is 0 Å². The highest BCUT2D eigenvalue weighted by molar-refractivity contribution is 6.17. The third kappa shape index (κ3) is 2.83. The Morgan fingerprint density at radius 1 is 1.14 bits per heavy atom. The fourth-order valence-corrected chi connectivity index (χ4v) is 2.43. The minimum Gasteiger partial charge on any atom is -0.481 e. The summed E-state index contributed by atoms with van der Waals surface area (Å²) in [6.45, 7) is 0.686. The minimum absolute atomic E-state index is 0.525. The molecule has 6 heteroatoms. The van der Waals surface area contributed by atoms with E-state index in [4.69, 9.17) is 16.3 Å². The summed E-state index contributed by atoms with van der Waals surface area (Å²) in [4.78, 5) is 13.2. The second-order valence-electron chi connectivity index (χ2n) is 4.60. The number of imidazole rings is 1. The van der Waals surface area contributed by atoms with E-state index in [-0.39, 0.29) is 0 Å². The van der Waals surface area contributed by atoms with Crippen molar-refractivity contribution >= 4 is 22.8 Å². The van der Waals surface area contributed by atoms with E-state index in [9.17, 15) is 0 Å². The number of ether oxygens (including phenoxy) is 1. The first-order valence-electron chi connectivity index (χ1n) is 6.67. The lowest BCUT2D eigenvalue weighted by molar-refractivity contribution is 0.399. The Morgan fingerprint density at radius 2 is 1.95 bits per heavy atom. The first-order chi connectivity index (χ1) is 10.3. The van der Waals surface area contributed by atoms with E-state index in [1.54, 1.807) is 19.5 Å². The van der Waals surface area contributed by atoms with Crippen LogP contribution in [0, 0.1) is 0 Å². The predicted octanol–water partition coefficient (Wildman–Crippen LogP) is 2.66. The highest BCUT2D eigenvalue weighted by Crippen LogP contribution is 2.20. The topological polar surface area (TPSA) is 52.8 Å². The number of nitrogens with zero attached hydrogens (tertiary/aromatic N) is 4. The van der Waals surface area contributed by atoms with Crippen LogP contribution in [0.1, 0.15) is 11.4 Å². The molecule has 21 heavy (non-hydrogen) atoms. The molecule has 0 saturated heterocycles. The van der Waals surface area contributed by atoms with Crippen molar-refractivity contribution in [3.05, 3.63) is 48.0 Å². The number of fused-ring (bicyclic) bond motifs is 1. The predicted molar refractivity (Wildman–Crippen MR) is 81.8 cm³/mol. The van der Waals surface area contributed by atoms with E-state index < -0.39 is 0 Å². The maximum atomic E-state index is 5.89. The number of halogens is 1. The molecule has 0 aliphatic rings. The number of pyridine rings is 2. The molecule has 0 saturated carbocycles. The Kier molecular flexibility index (Phi) is 4.01. The van der Waals surface area contributed by atoms with Gasteiger partial charge in [0, 0.05) is 30.8 Å². The number of aromatic nitrogens is 4. The van der Waals surface area contributed by atoms with Gasteiger partial charge in [0.25, 0.3) is 0 Å². The Balaban J connectivity index is 2.10. The van der Waals surface area contributed by atoms with E-state index in [0.717, 1.165) is 22.6 Å². The number of hydrogen-bond acceptors (Lipinski definition) is 4. The Morgan fingerprint density at radius 3 is 2.67 bits per heavy atom. The summed E-state index contributed by atoms with van der Waals surface area (Å²) in [5.41, 5.74) is 2.81. The van der Waals surface area contributed by atoms with Crippen LogP contribution in [0.5, 0.6) is 5.88 Å². The van der Waals surface area contributed by atoms with Gasteiger partial charge in [-0.2, -0.15) is 4.98 Å². The third-order valence-corrected chi connectivity index (χ3v) is 3.45. The largest absolute Gasteiger partial charge is 0.481 e. The second kappa shape index (κ2) is 6.10. The molecule has 108 valence electrons. The average molecular weight is 303 g/mol. The molecular weight excluding hydrogens is 288 g/mol. The molecule has 0 aliphatic heterocycles. The summed E-state index contributed by atoms with van der Waals surface area (Å²) in [6, 6.07) is 7.70. The fraction of sp³-hybridized carbons (Fsp3) is 0.267. The van der Waals surface area contributed by atoms with Crippen molar-refractivity contribution in [3.8, 4) is 5.88 Å². The molecule has 0 N–H and O–H groups in total. The summed E-state index contributed by atoms with van der Waals surface area (Å²) < 4.78 is 7.29. The van der Waals surface area contributed by atoms with Crippen molar-refractivity contribution in [1.82, 2.24) is 19.5 Å². The highest BCUT2D eigenvalue weighted by Gasteiger charge is 2.13. The van der Waals surface area contributed by atoms with Gasteiger partial charge in [0.2, 0.25) is 5.88 Å². The molecule has 0 aliphatic carbocycles. The second-order valence-corrected chi connectivity index (χ2v) is 4.98. The number of alkyl halides is 1. The SMILES string of the molecule is COc1ccc2nc(CCCl)n(Cc3ccncc3)c2n1. The lowest BCUT2D eigenvalue weighted by Gasteiger charge is -2.08. The number of aryl methyl sites for hydroxylation is 1. The van der Waals surface area contributed by atoms with Gasteiger partial charge in [0.15, 0.2) is 5.65 Å². The number of hydrogen-bond donors (Lipinski definition) is 0. The molecule has 0 fully saturated rings. The summed E-state index contributed by atoms with van der Waals surface area (Å²) in [6.07, 6.45) is 4.26. The maximum absolute atomic E-state index is 5.89. The summed E-state index contributed by atoms with van der Waals surface area (Å²) in [5.74, 6) is 2.03. The van der Waals surface area contributed by atoms with Crippen LogP contribution in [0.15, 0.2) is 36.7 Å². The van der Waals surface area contributed by atoms with Crippen LogP contribution in [0.25, 0.3) is 11.2 Å². The molecule has 0 unspecified atom stereocenters. The van der Waals surface area contributed by atoms with Gasteiger partial charge < -0.3 is 9.30 Å². The van der Waals surface area contributed by atoms with Crippen LogP contribution in [-0.2, 0) is 13.0 Å². The van der Waals surface area contributed by atoms with Crippen molar-refractivity contribution in [2.45, 2.75) is 13.0 Å². The summed E-state index contributed by atoms with van der Waals surface area (Å²) in [7, 11) is 1.61. The lowest BCUT2D eigenvalue weighted by atomic mass is 10.2. The van der Waals surface area contributed by atoms with E-state index >= 15 is 0 Å². The number of rotatable bonds is 5. The van der Waals surface area contributed by atoms with E-state index in [1.165, 1.54) is 0 Å². The van der Waals surface area contributed by atoms with Gasteiger partial charge in [0.05, 0.1) is 13.7 Å². The molecule has 3 aromatic heterocycles. The average Bonchev–Trinajstić information content (AvgIpc) is 2.86. The Hall–Kier alpha value is -2.14. The fourth-order valence-electron chi connectivity index (χ4n) is 2.26. The first-order valence-corrected chi connectivity index (χ1v) is 7.20. The van der Waals surface area contributed by atoms with Crippen molar-refractivity contribution in [2.75, 3.05) is 13.0 Å². The summed E-state index contributed by atoms with van der Waals surface area (Å²) in [5, 5.41) is 0. The molecule has 0 bridgehead atoms. The molecule has 0 radical (unpaired) electrons. The third-order valence-electron chi connectivity index (χ3n) is 3.26. The Bertz CT molecular complexity index is 742. The van der Waals surface area contributed by atoms with Crippen LogP contribution < -0.4 is 4.74 Å². The Labute approximate surface area is 127 Å².